The maximum Gasteiger partial charge on any atom is 0.255 e. The summed E-state index contributed by atoms with van der Waals surface area (Å²) in [5.41, 5.74) is 7.43. The number of ether oxygens (including phenoxy) is 1. The van der Waals surface area contributed by atoms with Crippen LogP contribution in [-0.4, -0.2) is 34.2 Å². The molecule has 3 aliphatic heterocycles. The Kier molecular flexibility index (Phi) is 6.26. The van der Waals surface area contributed by atoms with Crippen LogP contribution in [0.1, 0.15) is 51.0 Å². The lowest BCUT2D eigenvalue weighted by molar-refractivity contribution is -0.126. The molecule has 37 heavy (non-hydrogen) atoms. The molecule has 0 saturated carbocycles. The molecule has 0 bridgehead atoms. The summed E-state index contributed by atoms with van der Waals surface area (Å²) in [7, 11) is 0. The first-order valence-corrected chi connectivity index (χ1v) is 13.0. The van der Waals surface area contributed by atoms with Gasteiger partial charge in [-0.25, -0.2) is 0 Å². The number of carbonyl (C=O) groups excluding carboxylic acids is 2. The summed E-state index contributed by atoms with van der Waals surface area (Å²) in [5, 5.41) is 2.79. The zero-order valence-corrected chi connectivity index (χ0v) is 20.9. The molecule has 6 rings (SSSR count). The van der Waals surface area contributed by atoms with E-state index in [0.717, 1.165) is 37.2 Å². The fourth-order valence-corrected chi connectivity index (χ4v) is 5.70. The Morgan fingerprint density at radius 2 is 1.73 bits per heavy atom. The molecule has 1 N–H and O–H groups in total. The molecule has 1 saturated heterocycles. The number of nitrogens with zero attached hydrogens (tertiary/aromatic N) is 2. The Labute approximate surface area is 217 Å². The highest BCUT2D eigenvalue weighted by Crippen LogP contribution is 2.34. The van der Waals surface area contributed by atoms with Crippen molar-refractivity contribution in [3.63, 3.8) is 0 Å². The van der Waals surface area contributed by atoms with Gasteiger partial charge in [0.2, 0.25) is 5.91 Å². The van der Waals surface area contributed by atoms with Crippen molar-refractivity contribution in [2.24, 2.45) is 0 Å². The van der Waals surface area contributed by atoms with E-state index in [0.29, 0.717) is 43.0 Å². The molecular weight excluding hydrogens is 462 g/mol. The van der Waals surface area contributed by atoms with Crippen molar-refractivity contribution >= 4 is 11.8 Å². The summed E-state index contributed by atoms with van der Waals surface area (Å²) in [6.07, 6.45) is 2.36. The largest absolute Gasteiger partial charge is 0.489 e. The van der Waals surface area contributed by atoms with E-state index >= 15 is 0 Å². The molecule has 6 nitrogen and oxygen atoms in total. The first-order chi connectivity index (χ1) is 18.0. The van der Waals surface area contributed by atoms with E-state index in [-0.39, 0.29) is 11.8 Å². The topological polar surface area (TPSA) is 61.9 Å². The van der Waals surface area contributed by atoms with Crippen LogP contribution in [0.3, 0.4) is 0 Å². The molecule has 0 radical (unpaired) electrons. The minimum Gasteiger partial charge on any atom is -0.489 e. The van der Waals surface area contributed by atoms with E-state index in [2.05, 4.69) is 65.3 Å². The number of fused-ring (bicyclic) bond motifs is 2. The number of piperidine rings is 1. The lowest BCUT2D eigenvalue weighted by Gasteiger charge is -2.31. The third-order valence-corrected chi connectivity index (χ3v) is 7.65. The van der Waals surface area contributed by atoms with Crippen molar-refractivity contribution in [2.45, 2.75) is 51.5 Å². The Morgan fingerprint density at radius 3 is 2.59 bits per heavy atom. The number of hydrogen-bond donors (Lipinski definition) is 1. The van der Waals surface area contributed by atoms with Gasteiger partial charge in [-0.05, 0) is 53.6 Å². The summed E-state index contributed by atoms with van der Waals surface area (Å²) in [6, 6.07) is 22.4. The third-order valence-electron chi connectivity index (χ3n) is 7.65. The fraction of sp³-hybridized carbons (Fsp3) is 0.290. The Hall–Kier alpha value is -3.90. The monoisotopic (exact) mass is 493 g/mol. The zero-order chi connectivity index (χ0) is 25.4. The van der Waals surface area contributed by atoms with Crippen LogP contribution in [-0.2, 0) is 37.5 Å². The van der Waals surface area contributed by atoms with Gasteiger partial charge in [-0.2, -0.15) is 0 Å². The first-order valence-electron chi connectivity index (χ1n) is 13.0. The number of amides is 2. The molecule has 6 heteroatoms. The van der Waals surface area contributed by atoms with Gasteiger partial charge in [-0.3, -0.25) is 14.5 Å². The lowest BCUT2D eigenvalue weighted by Crippen LogP contribution is -2.49. The van der Waals surface area contributed by atoms with Gasteiger partial charge >= 0.3 is 0 Å². The van der Waals surface area contributed by atoms with E-state index in [1.807, 2.05) is 18.2 Å². The van der Waals surface area contributed by atoms with E-state index in [9.17, 15) is 9.59 Å². The fourth-order valence-electron chi connectivity index (χ4n) is 5.70. The minimum absolute atomic E-state index is 0.113. The highest BCUT2D eigenvalue weighted by molar-refractivity contribution is 6.02. The molecule has 1 fully saturated rings. The van der Waals surface area contributed by atoms with Crippen molar-refractivity contribution in [3.8, 4) is 5.75 Å². The van der Waals surface area contributed by atoms with Crippen LogP contribution >= 0.6 is 0 Å². The molecule has 3 aliphatic rings. The number of hydrogen-bond acceptors (Lipinski definition) is 4. The number of benzene rings is 3. The Balaban J connectivity index is 1.12. The van der Waals surface area contributed by atoms with Gasteiger partial charge in [0.15, 0.2) is 0 Å². The van der Waals surface area contributed by atoms with E-state index in [4.69, 9.17) is 4.74 Å². The SMILES string of the molecule is C=C1CCC(N2Cc3c(OCc4cccc(CN5CCc6ccccc6C5)c4)cccc3C2=O)C(=O)N1. The zero-order valence-electron chi connectivity index (χ0n) is 20.9. The molecule has 0 aliphatic carbocycles. The van der Waals surface area contributed by atoms with Crippen LogP contribution in [0.2, 0.25) is 0 Å². The molecule has 1 atom stereocenters. The number of allylic oxidation sites excluding steroid dienone is 1. The predicted molar refractivity (Wildman–Crippen MR) is 142 cm³/mol. The second-order valence-corrected chi connectivity index (χ2v) is 10.2. The summed E-state index contributed by atoms with van der Waals surface area (Å²) < 4.78 is 6.25. The van der Waals surface area contributed by atoms with Gasteiger partial charge in [-0.1, -0.05) is 61.2 Å². The second kappa shape index (κ2) is 9.87. The summed E-state index contributed by atoms with van der Waals surface area (Å²) >= 11 is 0. The minimum atomic E-state index is -0.475. The highest BCUT2D eigenvalue weighted by atomic mass is 16.5. The molecule has 3 aromatic rings. The van der Waals surface area contributed by atoms with Gasteiger partial charge in [-0.15, -0.1) is 0 Å². The first kappa shape index (κ1) is 23.5. The third kappa shape index (κ3) is 4.77. The number of carbonyl (C=O) groups is 2. The predicted octanol–water partition coefficient (Wildman–Crippen LogP) is 4.57. The molecule has 2 amide bonds. The second-order valence-electron chi connectivity index (χ2n) is 10.2. The van der Waals surface area contributed by atoms with Crippen LogP contribution in [0.5, 0.6) is 5.75 Å². The number of nitrogens with one attached hydrogen (secondary N) is 1. The van der Waals surface area contributed by atoms with Gasteiger partial charge in [0.05, 0.1) is 6.54 Å². The van der Waals surface area contributed by atoms with Gasteiger partial charge in [0.1, 0.15) is 18.4 Å². The molecule has 3 heterocycles. The molecule has 188 valence electrons. The molecule has 3 aromatic carbocycles. The van der Waals surface area contributed by atoms with E-state index < -0.39 is 6.04 Å². The van der Waals surface area contributed by atoms with Gasteiger partial charge < -0.3 is 15.0 Å². The highest BCUT2D eigenvalue weighted by Gasteiger charge is 2.39. The molecular formula is C31H31N3O3. The summed E-state index contributed by atoms with van der Waals surface area (Å²) in [6.45, 7) is 7.59. The summed E-state index contributed by atoms with van der Waals surface area (Å²) in [5.74, 6) is 0.430. The average molecular weight is 494 g/mol. The van der Waals surface area contributed by atoms with Crippen LogP contribution in [0, 0.1) is 0 Å². The van der Waals surface area contributed by atoms with Gasteiger partial charge in [0, 0.05) is 36.5 Å². The van der Waals surface area contributed by atoms with Crippen LogP contribution in [0.4, 0.5) is 0 Å². The Morgan fingerprint density at radius 1 is 0.919 bits per heavy atom. The average Bonchev–Trinajstić information content (AvgIpc) is 3.24. The quantitative estimate of drug-likeness (QED) is 0.547. The molecule has 0 aromatic heterocycles. The Bertz CT molecular complexity index is 1380. The van der Waals surface area contributed by atoms with Crippen LogP contribution in [0.15, 0.2) is 79.0 Å². The van der Waals surface area contributed by atoms with Crippen molar-refractivity contribution < 1.29 is 14.3 Å². The van der Waals surface area contributed by atoms with Crippen LogP contribution < -0.4 is 10.1 Å². The standard InChI is InChI=1S/C31H31N3O3/c1-21-12-13-28(30(35)32-21)34-19-27-26(31(34)36)10-5-11-29(27)37-20-23-7-4-6-22(16-23)17-33-15-14-24-8-2-3-9-25(24)18-33/h2-11,16,28H,1,12-15,17-20H2,(H,32,35). The smallest absolute Gasteiger partial charge is 0.255 e. The normalized spacial score (nSPS) is 19.4. The van der Waals surface area contributed by atoms with Crippen molar-refractivity contribution in [3.05, 3.63) is 112 Å². The van der Waals surface area contributed by atoms with E-state index in [1.165, 1.54) is 16.7 Å². The molecule has 0 spiro atoms. The lowest BCUT2D eigenvalue weighted by atomic mass is 9.99. The summed E-state index contributed by atoms with van der Waals surface area (Å²) in [4.78, 5) is 29.8. The maximum absolute atomic E-state index is 13.1. The van der Waals surface area contributed by atoms with Crippen molar-refractivity contribution in [2.75, 3.05) is 6.54 Å². The van der Waals surface area contributed by atoms with Crippen molar-refractivity contribution in [1.29, 1.82) is 0 Å². The molecule has 1 unspecified atom stereocenters. The van der Waals surface area contributed by atoms with Crippen LogP contribution in [0.25, 0.3) is 0 Å². The number of rotatable bonds is 6. The maximum atomic E-state index is 13.1. The van der Waals surface area contributed by atoms with Crippen molar-refractivity contribution in [1.82, 2.24) is 15.1 Å². The van der Waals surface area contributed by atoms with E-state index in [1.54, 1.807) is 4.90 Å². The van der Waals surface area contributed by atoms with Gasteiger partial charge in [0.25, 0.3) is 5.91 Å².